The molecule has 7 heteroatoms. The highest BCUT2D eigenvalue weighted by atomic mass is 16.5. The second-order valence-electron chi connectivity index (χ2n) is 6.36. The van der Waals surface area contributed by atoms with Gasteiger partial charge < -0.3 is 14.4 Å². The molecule has 4 rings (SSSR count). The summed E-state index contributed by atoms with van der Waals surface area (Å²) in [7, 11) is 3.28. The Kier molecular flexibility index (Phi) is 4.51. The first-order chi connectivity index (χ1) is 12.8. The van der Waals surface area contributed by atoms with Crippen LogP contribution < -0.4 is 14.4 Å². The van der Waals surface area contributed by atoms with Crippen LogP contribution >= 0.6 is 0 Å². The minimum absolute atomic E-state index is 0.465. The lowest BCUT2D eigenvalue weighted by molar-refractivity contribution is 0.356. The average Bonchev–Trinajstić information content (AvgIpc) is 2.73. The lowest BCUT2D eigenvalue weighted by Gasteiger charge is -2.32. The van der Waals surface area contributed by atoms with Gasteiger partial charge in [0.1, 0.15) is 6.33 Å². The van der Waals surface area contributed by atoms with E-state index in [2.05, 4.69) is 25.1 Å². The Labute approximate surface area is 152 Å². The van der Waals surface area contributed by atoms with E-state index in [1.165, 1.54) is 0 Å². The Balaban J connectivity index is 1.61. The predicted octanol–water partition coefficient (Wildman–Crippen LogP) is 2.82. The van der Waals surface area contributed by atoms with Gasteiger partial charge >= 0.3 is 0 Å². The lowest BCUT2D eigenvalue weighted by atomic mass is 9.93. The molecule has 0 unspecified atom stereocenters. The molecule has 7 nitrogen and oxygen atoms in total. The highest BCUT2D eigenvalue weighted by molar-refractivity contribution is 5.94. The summed E-state index contributed by atoms with van der Waals surface area (Å²) in [6.45, 7) is 1.83. The number of hydrogen-bond acceptors (Lipinski definition) is 7. The number of aromatic nitrogens is 4. The number of methoxy groups -OCH3 is 2. The summed E-state index contributed by atoms with van der Waals surface area (Å²) in [6.07, 6.45) is 7.25. The highest BCUT2D eigenvalue weighted by Gasteiger charge is 2.24. The molecule has 1 aromatic carbocycles. The molecule has 3 heterocycles. The van der Waals surface area contributed by atoms with E-state index in [1.807, 2.05) is 24.4 Å². The fourth-order valence-corrected chi connectivity index (χ4v) is 3.56. The Hall–Kier alpha value is -2.96. The van der Waals surface area contributed by atoms with Gasteiger partial charge in [-0.25, -0.2) is 9.97 Å². The van der Waals surface area contributed by atoms with Crippen LogP contribution in [0.4, 0.5) is 5.82 Å². The molecule has 0 amide bonds. The Morgan fingerprint density at radius 1 is 1.08 bits per heavy atom. The van der Waals surface area contributed by atoms with Gasteiger partial charge in [-0.15, -0.1) is 5.10 Å². The van der Waals surface area contributed by atoms with E-state index >= 15 is 0 Å². The molecule has 1 aliphatic heterocycles. The predicted molar refractivity (Wildman–Crippen MR) is 98.9 cm³/mol. The molecule has 1 saturated heterocycles. The van der Waals surface area contributed by atoms with E-state index in [-0.39, 0.29) is 0 Å². The van der Waals surface area contributed by atoms with Gasteiger partial charge in [0.2, 0.25) is 0 Å². The largest absolute Gasteiger partial charge is 0.493 e. The number of hydrogen-bond donors (Lipinski definition) is 0. The van der Waals surface area contributed by atoms with Gasteiger partial charge in [-0.3, -0.25) is 0 Å². The molecule has 0 N–H and O–H groups in total. The third kappa shape index (κ3) is 3.00. The van der Waals surface area contributed by atoms with Crippen LogP contribution in [0, 0.1) is 0 Å². The first-order valence-electron chi connectivity index (χ1n) is 8.68. The maximum Gasteiger partial charge on any atom is 0.161 e. The molecular formula is C19H21N5O2. The molecule has 0 spiro atoms. The Morgan fingerprint density at radius 3 is 2.54 bits per heavy atom. The summed E-state index contributed by atoms with van der Waals surface area (Å²) in [5.74, 6) is 2.75. The zero-order chi connectivity index (χ0) is 17.9. The van der Waals surface area contributed by atoms with Crippen molar-refractivity contribution in [2.24, 2.45) is 0 Å². The molecule has 134 valence electrons. The number of rotatable bonds is 4. The van der Waals surface area contributed by atoms with Gasteiger partial charge in [0.15, 0.2) is 17.3 Å². The summed E-state index contributed by atoms with van der Waals surface area (Å²) < 4.78 is 10.8. The lowest BCUT2D eigenvalue weighted by Crippen LogP contribution is -2.34. The third-order valence-corrected chi connectivity index (χ3v) is 4.96. The van der Waals surface area contributed by atoms with Crippen molar-refractivity contribution in [1.29, 1.82) is 0 Å². The van der Waals surface area contributed by atoms with E-state index in [9.17, 15) is 0 Å². The van der Waals surface area contributed by atoms with Crippen LogP contribution in [0.25, 0.3) is 10.8 Å². The van der Waals surface area contributed by atoms with E-state index in [0.29, 0.717) is 17.4 Å². The molecule has 0 atom stereocenters. The van der Waals surface area contributed by atoms with Gasteiger partial charge in [0, 0.05) is 41.7 Å². The van der Waals surface area contributed by atoms with Crippen LogP contribution in [0.1, 0.15) is 24.5 Å². The fraction of sp³-hybridized carbons (Fsp3) is 0.368. The van der Waals surface area contributed by atoms with Crippen molar-refractivity contribution >= 4 is 16.6 Å². The average molecular weight is 351 g/mol. The van der Waals surface area contributed by atoms with Crippen molar-refractivity contribution in [3.8, 4) is 11.5 Å². The first-order valence-corrected chi connectivity index (χ1v) is 8.68. The van der Waals surface area contributed by atoms with Crippen molar-refractivity contribution < 1.29 is 9.47 Å². The monoisotopic (exact) mass is 351 g/mol. The van der Waals surface area contributed by atoms with Crippen LogP contribution in [0.2, 0.25) is 0 Å². The molecule has 3 aromatic rings. The molecule has 26 heavy (non-hydrogen) atoms. The van der Waals surface area contributed by atoms with E-state index in [1.54, 1.807) is 26.7 Å². The van der Waals surface area contributed by atoms with Crippen LogP contribution in [-0.4, -0.2) is 47.5 Å². The van der Waals surface area contributed by atoms with Gasteiger partial charge in [-0.05, 0) is 31.0 Å². The Morgan fingerprint density at radius 2 is 1.85 bits per heavy atom. The highest BCUT2D eigenvalue weighted by Crippen LogP contribution is 2.37. The number of fused-ring (bicyclic) bond motifs is 1. The Bertz CT molecular complexity index is 895. The van der Waals surface area contributed by atoms with Crippen molar-refractivity contribution in [2.75, 3.05) is 32.2 Å². The third-order valence-electron chi connectivity index (χ3n) is 4.96. The minimum Gasteiger partial charge on any atom is -0.493 e. The van der Waals surface area contributed by atoms with Crippen molar-refractivity contribution in [3.63, 3.8) is 0 Å². The molecule has 2 aromatic heterocycles. The smallest absolute Gasteiger partial charge is 0.161 e. The van der Waals surface area contributed by atoms with Gasteiger partial charge in [0.25, 0.3) is 0 Å². The molecule has 0 aliphatic carbocycles. The number of nitrogens with zero attached hydrogens (tertiary/aromatic N) is 5. The summed E-state index contributed by atoms with van der Waals surface area (Å²) >= 11 is 0. The zero-order valence-corrected chi connectivity index (χ0v) is 14.9. The fourth-order valence-electron chi connectivity index (χ4n) is 3.56. The molecule has 0 radical (unpaired) electrons. The van der Waals surface area contributed by atoms with Crippen LogP contribution in [0.5, 0.6) is 11.5 Å². The first kappa shape index (κ1) is 16.5. The molecule has 1 fully saturated rings. The molecule has 1 aliphatic rings. The molecule has 0 saturated carbocycles. The maximum atomic E-state index is 5.46. The van der Waals surface area contributed by atoms with Crippen LogP contribution in [-0.2, 0) is 0 Å². The molecular weight excluding hydrogens is 330 g/mol. The molecule has 0 bridgehead atoms. The summed E-state index contributed by atoms with van der Waals surface area (Å²) in [4.78, 5) is 10.7. The number of benzene rings is 1. The van der Waals surface area contributed by atoms with Gasteiger partial charge in [-0.2, -0.15) is 5.10 Å². The maximum absolute atomic E-state index is 5.46. The van der Waals surface area contributed by atoms with Crippen molar-refractivity contribution in [1.82, 2.24) is 20.2 Å². The normalized spacial score (nSPS) is 15.2. The number of anilines is 1. The quantitative estimate of drug-likeness (QED) is 0.715. The van der Waals surface area contributed by atoms with E-state index in [4.69, 9.17) is 9.47 Å². The van der Waals surface area contributed by atoms with Crippen molar-refractivity contribution in [3.05, 3.63) is 42.6 Å². The second-order valence-corrected chi connectivity index (χ2v) is 6.36. The summed E-state index contributed by atoms with van der Waals surface area (Å²) in [6, 6.07) is 5.93. The SMILES string of the molecule is COc1cc2cnnc(N3CCC(c4ccncn4)CC3)c2cc1OC. The van der Waals surface area contributed by atoms with E-state index < -0.39 is 0 Å². The summed E-state index contributed by atoms with van der Waals surface area (Å²) in [5, 5.41) is 10.6. The minimum atomic E-state index is 0.465. The van der Waals surface area contributed by atoms with E-state index in [0.717, 1.165) is 48.2 Å². The van der Waals surface area contributed by atoms with Crippen LogP contribution in [0.15, 0.2) is 36.9 Å². The number of piperidine rings is 1. The van der Waals surface area contributed by atoms with Crippen LogP contribution in [0.3, 0.4) is 0 Å². The second kappa shape index (κ2) is 7.11. The van der Waals surface area contributed by atoms with Gasteiger partial charge in [-0.1, -0.05) is 0 Å². The van der Waals surface area contributed by atoms with Crippen molar-refractivity contribution in [2.45, 2.75) is 18.8 Å². The topological polar surface area (TPSA) is 73.3 Å². The zero-order valence-electron chi connectivity index (χ0n) is 14.9. The van der Waals surface area contributed by atoms with Gasteiger partial charge in [0.05, 0.1) is 20.4 Å². The number of ether oxygens (including phenoxy) is 2. The summed E-state index contributed by atoms with van der Waals surface area (Å²) in [5.41, 5.74) is 1.12. The standard InChI is InChI=1S/C19H21N5O2/c1-25-17-9-14-11-22-23-19(15(14)10-18(17)26-2)24-7-4-13(5-8-24)16-3-6-20-12-21-16/h3,6,9-13H,4-5,7-8H2,1-2H3.